The van der Waals surface area contributed by atoms with Crippen LogP contribution in [0.1, 0.15) is 50.9 Å². The summed E-state index contributed by atoms with van der Waals surface area (Å²) in [4.78, 5) is 15.1. The molecular weight excluding hydrogens is 236 g/mol. The summed E-state index contributed by atoms with van der Waals surface area (Å²) in [6.45, 7) is 6.07. The molecule has 1 fully saturated rings. The predicted molar refractivity (Wildman–Crippen MR) is 62.0 cm³/mol. The highest BCUT2D eigenvalue weighted by atomic mass is 16.5. The van der Waals surface area contributed by atoms with Crippen molar-refractivity contribution in [2.24, 2.45) is 11.3 Å². The van der Waals surface area contributed by atoms with Crippen molar-refractivity contribution in [1.29, 1.82) is 0 Å². The molecule has 1 aliphatic rings. The van der Waals surface area contributed by atoms with Gasteiger partial charge in [0.15, 0.2) is 0 Å². The minimum absolute atomic E-state index is 0.138. The van der Waals surface area contributed by atoms with Crippen LogP contribution in [0.25, 0.3) is 0 Å². The van der Waals surface area contributed by atoms with E-state index < -0.39 is 5.97 Å². The van der Waals surface area contributed by atoms with Crippen molar-refractivity contribution in [2.45, 2.75) is 39.2 Å². The van der Waals surface area contributed by atoms with Crippen molar-refractivity contribution in [2.75, 3.05) is 7.11 Å². The number of methoxy groups -OCH3 is 1. The smallest absolute Gasteiger partial charge is 0.307 e. The lowest BCUT2D eigenvalue weighted by Crippen LogP contribution is -2.21. The van der Waals surface area contributed by atoms with E-state index in [1.165, 1.54) is 0 Å². The molecular formula is C12H18N2O4. The van der Waals surface area contributed by atoms with Crippen LogP contribution in [0.4, 0.5) is 0 Å². The van der Waals surface area contributed by atoms with Crippen LogP contribution in [0, 0.1) is 11.3 Å². The molecule has 0 aromatic carbocycles. The van der Waals surface area contributed by atoms with Crippen molar-refractivity contribution in [3.63, 3.8) is 0 Å². The number of carboxylic acid groups (broad SMARTS) is 1. The molecule has 0 aliphatic heterocycles. The van der Waals surface area contributed by atoms with Gasteiger partial charge in [-0.25, -0.2) is 0 Å². The monoisotopic (exact) mass is 254 g/mol. The Bertz CT molecular complexity index is 449. The second-order valence-corrected chi connectivity index (χ2v) is 5.76. The number of aromatic nitrogens is 2. The first-order valence-corrected chi connectivity index (χ1v) is 5.93. The van der Waals surface area contributed by atoms with Crippen LogP contribution < -0.4 is 0 Å². The number of aliphatic carboxylic acids is 1. The first kappa shape index (κ1) is 13.0. The van der Waals surface area contributed by atoms with Crippen LogP contribution in [0.15, 0.2) is 4.52 Å². The van der Waals surface area contributed by atoms with Crippen molar-refractivity contribution in [3.8, 4) is 0 Å². The van der Waals surface area contributed by atoms with Gasteiger partial charge in [0.05, 0.1) is 11.8 Å². The normalized spacial score (nSPS) is 24.9. The molecule has 1 aliphatic carbocycles. The quantitative estimate of drug-likeness (QED) is 0.884. The maximum absolute atomic E-state index is 10.8. The Hall–Kier alpha value is -1.43. The van der Waals surface area contributed by atoms with Crippen molar-refractivity contribution < 1.29 is 19.2 Å². The summed E-state index contributed by atoms with van der Waals surface area (Å²) in [5.41, 5.74) is -0.147. The van der Waals surface area contributed by atoms with Gasteiger partial charge in [0.2, 0.25) is 11.7 Å². The van der Waals surface area contributed by atoms with Gasteiger partial charge < -0.3 is 14.4 Å². The molecule has 1 heterocycles. The van der Waals surface area contributed by atoms with Crippen LogP contribution in [0.5, 0.6) is 0 Å². The van der Waals surface area contributed by atoms with Crippen molar-refractivity contribution in [1.82, 2.24) is 10.1 Å². The first-order chi connectivity index (χ1) is 8.34. The Morgan fingerprint density at radius 1 is 1.56 bits per heavy atom. The number of carbonyl (C=O) groups is 1. The molecule has 6 nitrogen and oxygen atoms in total. The fourth-order valence-electron chi connectivity index (χ4n) is 2.09. The third-order valence-corrected chi connectivity index (χ3v) is 3.14. The minimum Gasteiger partial charge on any atom is -0.481 e. The molecule has 1 aromatic heterocycles. The number of hydrogen-bond donors (Lipinski definition) is 1. The lowest BCUT2D eigenvalue weighted by atomic mass is 9.88. The van der Waals surface area contributed by atoms with E-state index in [0.717, 1.165) is 0 Å². The highest BCUT2D eigenvalue weighted by Gasteiger charge is 2.48. The highest BCUT2D eigenvalue weighted by Crippen LogP contribution is 2.47. The molecule has 100 valence electrons. The molecule has 3 unspecified atom stereocenters. The van der Waals surface area contributed by atoms with E-state index in [2.05, 4.69) is 10.1 Å². The van der Waals surface area contributed by atoms with Crippen LogP contribution in [-0.2, 0) is 9.53 Å². The Balaban J connectivity index is 2.14. The molecule has 0 bridgehead atoms. The minimum atomic E-state index is -0.807. The van der Waals surface area contributed by atoms with E-state index in [-0.39, 0.29) is 23.4 Å². The number of rotatable bonds is 4. The van der Waals surface area contributed by atoms with E-state index in [9.17, 15) is 4.79 Å². The zero-order valence-corrected chi connectivity index (χ0v) is 11.0. The highest BCUT2D eigenvalue weighted by molar-refractivity contribution is 5.74. The third kappa shape index (κ3) is 2.38. The van der Waals surface area contributed by atoms with Crippen molar-refractivity contribution in [3.05, 3.63) is 11.7 Å². The summed E-state index contributed by atoms with van der Waals surface area (Å²) in [5, 5.41) is 12.8. The SMILES string of the molecule is COC(c1noc(C2CC2C(=O)O)n1)C(C)(C)C. The average molecular weight is 254 g/mol. The largest absolute Gasteiger partial charge is 0.481 e. The van der Waals surface area contributed by atoms with Crippen LogP contribution in [-0.4, -0.2) is 28.3 Å². The molecule has 2 rings (SSSR count). The van der Waals surface area contributed by atoms with Crippen LogP contribution in [0.2, 0.25) is 0 Å². The van der Waals surface area contributed by atoms with Crippen LogP contribution >= 0.6 is 0 Å². The van der Waals surface area contributed by atoms with Gasteiger partial charge in [0.25, 0.3) is 0 Å². The Labute approximate surface area is 105 Å². The Kier molecular flexibility index (Phi) is 3.14. The van der Waals surface area contributed by atoms with Crippen molar-refractivity contribution >= 4 is 5.97 Å². The predicted octanol–water partition coefficient (Wildman–Crippen LogP) is 1.99. The molecule has 0 amide bonds. The van der Waals surface area contributed by atoms with Gasteiger partial charge in [-0.15, -0.1) is 0 Å². The number of ether oxygens (including phenoxy) is 1. The zero-order chi connectivity index (χ0) is 13.5. The summed E-state index contributed by atoms with van der Waals surface area (Å²) in [5.74, 6) is -0.436. The average Bonchev–Trinajstić information content (AvgIpc) is 2.92. The van der Waals surface area contributed by atoms with Gasteiger partial charge in [0.1, 0.15) is 6.10 Å². The van der Waals surface area contributed by atoms with Gasteiger partial charge in [-0.2, -0.15) is 4.98 Å². The second kappa shape index (κ2) is 4.35. The Morgan fingerprint density at radius 2 is 2.22 bits per heavy atom. The number of carboxylic acids is 1. The Morgan fingerprint density at radius 3 is 2.67 bits per heavy atom. The summed E-state index contributed by atoms with van der Waals surface area (Å²) in [6, 6.07) is 0. The fourth-order valence-corrected chi connectivity index (χ4v) is 2.09. The molecule has 1 saturated carbocycles. The lowest BCUT2D eigenvalue weighted by molar-refractivity contribution is -0.138. The molecule has 1 aromatic rings. The second-order valence-electron chi connectivity index (χ2n) is 5.76. The molecule has 3 atom stereocenters. The van der Waals surface area contributed by atoms with Gasteiger partial charge in [-0.1, -0.05) is 25.9 Å². The molecule has 1 N–H and O–H groups in total. The van der Waals surface area contributed by atoms with E-state index in [4.69, 9.17) is 14.4 Å². The number of hydrogen-bond acceptors (Lipinski definition) is 5. The van der Waals surface area contributed by atoms with Gasteiger partial charge >= 0.3 is 5.97 Å². The van der Waals surface area contributed by atoms with Gasteiger partial charge in [-0.3, -0.25) is 4.79 Å². The topological polar surface area (TPSA) is 85.5 Å². The number of nitrogens with zero attached hydrogens (tertiary/aromatic N) is 2. The van der Waals surface area contributed by atoms with Gasteiger partial charge in [0, 0.05) is 7.11 Å². The maximum Gasteiger partial charge on any atom is 0.307 e. The molecule has 18 heavy (non-hydrogen) atoms. The standard InChI is InChI=1S/C12H18N2O4/c1-12(2,3)8(17-4)9-13-10(18-14-9)6-5-7(6)11(15)16/h6-8H,5H2,1-4H3,(H,15,16). The van der Waals surface area contributed by atoms with E-state index in [1.807, 2.05) is 20.8 Å². The van der Waals surface area contributed by atoms with Crippen LogP contribution in [0.3, 0.4) is 0 Å². The molecule has 6 heteroatoms. The zero-order valence-electron chi connectivity index (χ0n) is 11.0. The molecule has 0 radical (unpaired) electrons. The summed E-state index contributed by atoms with van der Waals surface area (Å²) in [7, 11) is 1.60. The fraction of sp³-hybridized carbons (Fsp3) is 0.750. The maximum atomic E-state index is 10.8. The lowest BCUT2D eigenvalue weighted by Gasteiger charge is -2.26. The first-order valence-electron chi connectivity index (χ1n) is 5.93. The third-order valence-electron chi connectivity index (χ3n) is 3.14. The van der Waals surface area contributed by atoms with E-state index >= 15 is 0 Å². The molecule has 0 spiro atoms. The summed E-state index contributed by atoms with van der Waals surface area (Å²) >= 11 is 0. The van der Waals surface area contributed by atoms with E-state index in [0.29, 0.717) is 18.1 Å². The van der Waals surface area contributed by atoms with Gasteiger partial charge in [-0.05, 0) is 11.8 Å². The summed E-state index contributed by atoms with van der Waals surface area (Å²) in [6.07, 6.45) is 0.307. The molecule has 0 saturated heterocycles. The van der Waals surface area contributed by atoms with E-state index in [1.54, 1.807) is 7.11 Å². The summed E-state index contributed by atoms with van der Waals surface area (Å²) < 4.78 is 10.5.